The largest absolute Gasteiger partial charge is 0.461 e. The van der Waals surface area contributed by atoms with Gasteiger partial charge in [-0.1, -0.05) is 6.07 Å². The average Bonchev–Trinajstić information content (AvgIpc) is 2.71. The lowest BCUT2D eigenvalue weighted by Crippen LogP contribution is -2.04. The third-order valence-electron chi connectivity index (χ3n) is 2.25. The Kier molecular flexibility index (Phi) is 2.61. The molecule has 0 saturated heterocycles. The second-order valence-electron chi connectivity index (χ2n) is 3.32. The molecule has 0 bridgehead atoms. The number of fused-ring (bicyclic) bond motifs is 1. The second-order valence-corrected chi connectivity index (χ2v) is 3.32. The molecule has 0 spiro atoms. The van der Waals surface area contributed by atoms with E-state index in [1.807, 2.05) is 6.07 Å². The lowest BCUT2D eigenvalue weighted by Gasteiger charge is -1.96. The van der Waals surface area contributed by atoms with Gasteiger partial charge in [0.1, 0.15) is 5.69 Å². The lowest BCUT2D eigenvalue weighted by atomic mass is 10.2. The maximum atomic E-state index is 11.5. The van der Waals surface area contributed by atoms with Gasteiger partial charge in [-0.05, 0) is 25.1 Å². The van der Waals surface area contributed by atoms with Gasteiger partial charge in [-0.3, -0.25) is 0 Å². The summed E-state index contributed by atoms with van der Waals surface area (Å²) in [6, 6.07) is 8.98. The summed E-state index contributed by atoms with van der Waals surface area (Å²) in [5.41, 5.74) is 1.74. The standard InChI is InChI=1S/C12H10N2O2/c1-2-16-12(15)11-6-9-4-3-8(7-13)5-10(9)14-11/h3-6,14H,2H2,1H3. The van der Waals surface area contributed by atoms with Gasteiger partial charge in [0.05, 0.1) is 18.2 Å². The lowest BCUT2D eigenvalue weighted by molar-refractivity contribution is 0.0520. The Hall–Kier alpha value is -2.28. The molecule has 4 heteroatoms. The first-order chi connectivity index (χ1) is 7.74. The van der Waals surface area contributed by atoms with Crippen molar-refractivity contribution in [3.8, 4) is 6.07 Å². The summed E-state index contributed by atoms with van der Waals surface area (Å²) in [6.45, 7) is 2.10. The Labute approximate surface area is 92.4 Å². The molecule has 0 fully saturated rings. The van der Waals surface area contributed by atoms with E-state index in [2.05, 4.69) is 4.98 Å². The van der Waals surface area contributed by atoms with Gasteiger partial charge in [0.25, 0.3) is 0 Å². The minimum Gasteiger partial charge on any atom is -0.461 e. The predicted octanol–water partition coefficient (Wildman–Crippen LogP) is 2.22. The van der Waals surface area contributed by atoms with Crippen molar-refractivity contribution in [3.63, 3.8) is 0 Å². The van der Waals surface area contributed by atoms with Crippen molar-refractivity contribution in [1.82, 2.24) is 4.98 Å². The zero-order valence-electron chi connectivity index (χ0n) is 8.78. The third-order valence-corrected chi connectivity index (χ3v) is 2.25. The van der Waals surface area contributed by atoms with Gasteiger partial charge in [0.15, 0.2) is 0 Å². The van der Waals surface area contributed by atoms with E-state index in [0.29, 0.717) is 17.9 Å². The minimum absolute atomic E-state index is 0.345. The fourth-order valence-corrected chi connectivity index (χ4v) is 1.52. The van der Waals surface area contributed by atoms with Crippen LogP contribution in [0.2, 0.25) is 0 Å². The number of nitrogens with zero attached hydrogens (tertiary/aromatic N) is 1. The van der Waals surface area contributed by atoms with E-state index < -0.39 is 0 Å². The highest BCUT2D eigenvalue weighted by Crippen LogP contribution is 2.17. The highest BCUT2D eigenvalue weighted by Gasteiger charge is 2.10. The van der Waals surface area contributed by atoms with E-state index in [1.165, 1.54) is 0 Å². The number of carbonyl (C=O) groups is 1. The summed E-state index contributed by atoms with van der Waals surface area (Å²) in [5.74, 6) is -0.378. The zero-order chi connectivity index (χ0) is 11.5. The number of nitrogens with one attached hydrogen (secondary N) is 1. The number of ether oxygens (including phenoxy) is 1. The van der Waals surface area contributed by atoms with Crippen molar-refractivity contribution >= 4 is 16.9 Å². The third kappa shape index (κ3) is 1.75. The highest BCUT2D eigenvalue weighted by atomic mass is 16.5. The Morgan fingerprint density at radius 3 is 3.00 bits per heavy atom. The Bertz CT molecular complexity index is 578. The van der Waals surface area contributed by atoms with Gasteiger partial charge in [-0.25, -0.2) is 4.79 Å². The van der Waals surface area contributed by atoms with Crippen LogP contribution >= 0.6 is 0 Å². The fraction of sp³-hybridized carbons (Fsp3) is 0.167. The zero-order valence-corrected chi connectivity index (χ0v) is 8.78. The average molecular weight is 214 g/mol. The first-order valence-corrected chi connectivity index (χ1v) is 4.94. The van der Waals surface area contributed by atoms with E-state index in [0.717, 1.165) is 10.9 Å². The second kappa shape index (κ2) is 4.07. The van der Waals surface area contributed by atoms with Gasteiger partial charge in [0.2, 0.25) is 0 Å². The molecule has 16 heavy (non-hydrogen) atoms. The Morgan fingerprint density at radius 2 is 2.31 bits per heavy atom. The van der Waals surface area contributed by atoms with Crippen LogP contribution in [0.3, 0.4) is 0 Å². The number of nitriles is 1. The molecule has 80 valence electrons. The number of aromatic nitrogens is 1. The molecular formula is C12H10N2O2. The SMILES string of the molecule is CCOC(=O)c1cc2ccc(C#N)cc2[nH]1. The molecule has 4 nitrogen and oxygen atoms in total. The molecule has 0 amide bonds. The monoisotopic (exact) mass is 214 g/mol. The molecule has 0 aliphatic carbocycles. The summed E-state index contributed by atoms with van der Waals surface area (Å²) in [5, 5.41) is 9.63. The van der Waals surface area contributed by atoms with Crippen LogP contribution in [0.25, 0.3) is 10.9 Å². The van der Waals surface area contributed by atoms with Gasteiger partial charge in [-0.2, -0.15) is 5.26 Å². The van der Waals surface area contributed by atoms with E-state index in [-0.39, 0.29) is 5.97 Å². The van der Waals surface area contributed by atoms with Crippen molar-refractivity contribution in [2.75, 3.05) is 6.61 Å². The van der Waals surface area contributed by atoms with Crippen LogP contribution in [-0.2, 0) is 4.74 Å². The molecule has 1 aromatic heterocycles. The number of hydrogen-bond donors (Lipinski definition) is 1. The van der Waals surface area contributed by atoms with E-state index in [4.69, 9.17) is 10.00 Å². The molecule has 0 saturated carbocycles. The molecular weight excluding hydrogens is 204 g/mol. The van der Waals surface area contributed by atoms with Crippen LogP contribution in [0.15, 0.2) is 24.3 Å². The molecule has 1 aromatic carbocycles. The minimum atomic E-state index is -0.378. The summed E-state index contributed by atoms with van der Waals surface area (Å²) < 4.78 is 4.88. The predicted molar refractivity (Wildman–Crippen MR) is 59.0 cm³/mol. The van der Waals surface area contributed by atoms with Crippen molar-refractivity contribution in [1.29, 1.82) is 5.26 Å². The molecule has 0 unspecified atom stereocenters. The fourth-order valence-electron chi connectivity index (χ4n) is 1.52. The van der Waals surface area contributed by atoms with Crippen LogP contribution in [0, 0.1) is 11.3 Å². The summed E-state index contributed by atoms with van der Waals surface area (Å²) >= 11 is 0. The summed E-state index contributed by atoms with van der Waals surface area (Å²) in [6.07, 6.45) is 0. The van der Waals surface area contributed by atoms with Crippen molar-refractivity contribution in [3.05, 3.63) is 35.5 Å². The number of rotatable bonds is 2. The molecule has 2 aromatic rings. The van der Waals surface area contributed by atoms with Crippen LogP contribution < -0.4 is 0 Å². The smallest absolute Gasteiger partial charge is 0.354 e. The summed E-state index contributed by atoms with van der Waals surface area (Å²) in [4.78, 5) is 14.4. The van der Waals surface area contributed by atoms with E-state index in [9.17, 15) is 4.79 Å². The topological polar surface area (TPSA) is 65.9 Å². The van der Waals surface area contributed by atoms with E-state index in [1.54, 1.807) is 31.2 Å². The molecule has 0 aliphatic rings. The molecule has 1 heterocycles. The Morgan fingerprint density at radius 1 is 1.50 bits per heavy atom. The van der Waals surface area contributed by atoms with Crippen molar-refractivity contribution in [2.24, 2.45) is 0 Å². The number of aromatic amines is 1. The highest BCUT2D eigenvalue weighted by molar-refractivity contribution is 5.95. The van der Waals surface area contributed by atoms with E-state index >= 15 is 0 Å². The van der Waals surface area contributed by atoms with Crippen molar-refractivity contribution < 1.29 is 9.53 Å². The molecule has 1 N–H and O–H groups in total. The summed E-state index contributed by atoms with van der Waals surface area (Å²) in [7, 11) is 0. The van der Waals surface area contributed by atoms with Crippen LogP contribution in [0.4, 0.5) is 0 Å². The molecule has 2 rings (SSSR count). The first-order valence-electron chi connectivity index (χ1n) is 4.94. The number of esters is 1. The number of benzene rings is 1. The Balaban J connectivity index is 2.44. The maximum absolute atomic E-state index is 11.5. The first kappa shape index (κ1) is 10.2. The quantitative estimate of drug-likeness (QED) is 0.779. The maximum Gasteiger partial charge on any atom is 0.354 e. The van der Waals surface area contributed by atoms with Gasteiger partial charge < -0.3 is 9.72 Å². The number of carbonyl (C=O) groups excluding carboxylic acids is 1. The molecule has 0 atom stereocenters. The van der Waals surface area contributed by atoms with Gasteiger partial charge >= 0.3 is 5.97 Å². The van der Waals surface area contributed by atoms with Crippen LogP contribution in [0.5, 0.6) is 0 Å². The van der Waals surface area contributed by atoms with Crippen molar-refractivity contribution in [2.45, 2.75) is 6.92 Å². The number of H-pyrrole nitrogens is 1. The van der Waals surface area contributed by atoms with Gasteiger partial charge in [0, 0.05) is 10.9 Å². The van der Waals surface area contributed by atoms with Gasteiger partial charge in [-0.15, -0.1) is 0 Å². The normalized spacial score (nSPS) is 10.0. The molecule has 0 aliphatic heterocycles. The molecule has 0 radical (unpaired) electrons. The van der Waals surface area contributed by atoms with Crippen LogP contribution in [0.1, 0.15) is 23.0 Å². The number of hydrogen-bond acceptors (Lipinski definition) is 3. The van der Waals surface area contributed by atoms with Crippen LogP contribution in [-0.4, -0.2) is 17.6 Å².